The van der Waals surface area contributed by atoms with Crippen molar-refractivity contribution < 1.29 is 4.79 Å². The van der Waals surface area contributed by atoms with Crippen LogP contribution < -0.4 is 15.5 Å². The number of nitrogens with zero attached hydrogens (tertiary/aromatic N) is 1. The van der Waals surface area contributed by atoms with Crippen LogP contribution in [0.25, 0.3) is 0 Å². The summed E-state index contributed by atoms with van der Waals surface area (Å²) in [6, 6.07) is 5.75. The molecule has 2 N–H and O–H groups in total. The minimum absolute atomic E-state index is 0.121. The average Bonchev–Trinajstić information content (AvgIpc) is 2.91. The zero-order valence-electron chi connectivity index (χ0n) is 13.2. The summed E-state index contributed by atoms with van der Waals surface area (Å²) in [5, 5.41) is 6.66. The molecule has 2 rings (SSSR count). The first-order valence-corrected chi connectivity index (χ1v) is 8.23. The highest BCUT2D eigenvalue weighted by atomic mass is 35.5. The van der Waals surface area contributed by atoms with Gasteiger partial charge < -0.3 is 15.5 Å². The van der Waals surface area contributed by atoms with Crippen molar-refractivity contribution >= 4 is 46.2 Å². The molecule has 1 saturated heterocycles. The van der Waals surface area contributed by atoms with E-state index in [2.05, 4.69) is 15.5 Å². The summed E-state index contributed by atoms with van der Waals surface area (Å²) >= 11 is 11.5. The van der Waals surface area contributed by atoms with Crippen molar-refractivity contribution in [3.05, 3.63) is 23.2 Å². The zero-order valence-corrected chi connectivity index (χ0v) is 14.8. The quantitative estimate of drug-likeness (QED) is 0.804. The molecule has 0 spiro atoms. The summed E-state index contributed by atoms with van der Waals surface area (Å²) in [6.45, 7) is 7.62. The maximum Gasteiger partial charge on any atom is 0.231 e. The third kappa shape index (κ3) is 4.34. The van der Waals surface area contributed by atoms with Crippen LogP contribution in [-0.2, 0) is 4.79 Å². The summed E-state index contributed by atoms with van der Waals surface area (Å²) < 4.78 is 0. The van der Waals surface area contributed by atoms with Gasteiger partial charge in [0.25, 0.3) is 0 Å². The van der Waals surface area contributed by atoms with Gasteiger partial charge in [-0.05, 0) is 43.3 Å². The van der Waals surface area contributed by atoms with Gasteiger partial charge in [-0.15, -0.1) is 0 Å². The van der Waals surface area contributed by atoms with Gasteiger partial charge in [-0.25, -0.2) is 0 Å². The normalized spacial score (nSPS) is 14.8. The number of carbonyl (C=O) groups excluding carboxylic acids is 1. The number of hydrogen-bond donors (Lipinski definition) is 2. The molecule has 1 amide bonds. The number of rotatable bonds is 2. The third-order valence-electron chi connectivity index (χ3n) is 3.56. The highest BCUT2D eigenvalue weighted by Gasteiger charge is 2.22. The molecule has 0 aliphatic carbocycles. The van der Waals surface area contributed by atoms with Crippen LogP contribution in [0.5, 0.6) is 0 Å². The first-order chi connectivity index (χ1) is 10.3. The number of benzene rings is 1. The van der Waals surface area contributed by atoms with E-state index in [1.165, 1.54) is 12.8 Å². The van der Waals surface area contributed by atoms with E-state index >= 15 is 0 Å². The SMILES string of the molecule is CC(C)(C)C(=O)NC(=S)Nc1ccc(N2CCCC2)c(Cl)c1. The van der Waals surface area contributed by atoms with Crippen LogP contribution in [-0.4, -0.2) is 24.1 Å². The molecule has 1 aliphatic heterocycles. The highest BCUT2D eigenvalue weighted by Crippen LogP contribution is 2.31. The molecular formula is C16H22ClN3OS. The Labute approximate surface area is 142 Å². The fraction of sp³-hybridized carbons (Fsp3) is 0.500. The van der Waals surface area contributed by atoms with E-state index in [9.17, 15) is 4.79 Å². The standard InChI is InChI=1S/C16H22ClN3OS/c1-16(2,3)14(21)19-15(22)18-11-6-7-13(12(17)10-11)20-8-4-5-9-20/h6-7,10H,4-5,8-9H2,1-3H3,(H2,18,19,21,22). The molecule has 1 aliphatic rings. The lowest BCUT2D eigenvalue weighted by Crippen LogP contribution is -2.41. The molecule has 0 saturated carbocycles. The van der Waals surface area contributed by atoms with Crippen LogP contribution in [0.3, 0.4) is 0 Å². The minimum atomic E-state index is -0.483. The van der Waals surface area contributed by atoms with Gasteiger partial charge in [0.1, 0.15) is 0 Å². The predicted molar refractivity (Wildman–Crippen MR) is 96.7 cm³/mol. The Morgan fingerprint density at radius 2 is 1.91 bits per heavy atom. The molecule has 1 aromatic rings. The Hall–Kier alpha value is -1.33. The van der Waals surface area contributed by atoms with E-state index < -0.39 is 5.41 Å². The molecule has 0 atom stereocenters. The molecular weight excluding hydrogens is 318 g/mol. The molecule has 4 nitrogen and oxygen atoms in total. The molecule has 6 heteroatoms. The Morgan fingerprint density at radius 1 is 1.27 bits per heavy atom. The van der Waals surface area contributed by atoms with Gasteiger partial charge in [-0.1, -0.05) is 32.4 Å². The fourth-order valence-corrected chi connectivity index (χ4v) is 2.76. The fourth-order valence-electron chi connectivity index (χ4n) is 2.25. The smallest absolute Gasteiger partial charge is 0.231 e. The lowest BCUT2D eigenvalue weighted by molar-refractivity contribution is -0.126. The Morgan fingerprint density at radius 3 is 2.45 bits per heavy atom. The summed E-state index contributed by atoms with van der Waals surface area (Å²) in [5.74, 6) is -0.121. The molecule has 22 heavy (non-hydrogen) atoms. The summed E-state index contributed by atoms with van der Waals surface area (Å²) in [7, 11) is 0. The van der Waals surface area contributed by atoms with Crippen LogP contribution in [0.2, 0.25) is 5.02 Å². The van der Waals surface area contributed by atoms with Gasteiger partial charge in [-0.2, -0.15) is 0 Å². The molecule has 1 aromatic carbocycles. The molecule has 0 aromatic heterocycles. The molecule has 0 radical (unpaired) electrons. The van der Waals surface area contributed by atoms with Crippen LogP contribution in [0.15, 0.2) is 18.2 Å². The van der Waals surface area contributed by atoms with Gasteiger partial charge in [-0.3, -0.25) is 4.79 Å². The minimum Gasteiger partial charge on any atom is -0.370 e. The van der Waals surface area contributed by atoms with Crippen LogP contribution >= 0.6 is 23.8 Å². The number of nitrogens with one attached hydrogen (secondary N) is 2. The van der Waals surface area contributed by atoms with Gasteiger partial charge >= 0.3 is 0 Å². The summed E-state index contributed by atoms with van der Waals surface area (Å²) in [6.07, 6.45) is 2.42. The van der Waals surface area contributed by atoms with Crippen molar-refractivity contribution in [3.63, 3.8) is 0 Å². The molecule has 1 heterocycles. The first-order valence-electron chi connectivity index (χ1n) is 7.44. The molecule has 0 bridgehead atoms. The van der Waals surface area contributed by atoms with E-state index in [1.807, 2.05) is 39.0 Å². The summed E-state index contributed by atoms with van der Waals surface area (Å²) in [5.41, 5.74) is 1.34. The van der Waals surface area contributed by atoms with Gasteiger partial charge in [0.15, 0.2) is 5.11 Å². The van der Waals surface area contributed by atoms with Gasteiger partial charge in [0, 0.05) is 24.2 Å². The Kier molecular flexibility index (Phi) is 5.29. The van der Waals surface area contributed by atoms with Crippen LogP contribution in [0.4, 0.5) is 11.4 Å². The lowest BCUT2D eigenvalue weighted by Gasteiger charge is -2.21. The van der Waals surface area contributed by atoms with Crippen molar-refractivity contribution in [1.82, 2.24) is 5.32 Å². The van der Waals surface area contributed by atoms with Crippen LogP contribution in [0, 0.1) is 5.41 Å². The number of anilines is 2. The van der Waals surface area contributed by atoms with E-state index in [0.29, 0.717) is 5.02 Å². The number of hydrogen-bond acceptors (Lipinski definition) is 3. The Bertz CT molecular complexity index is 577. The average molecular weight is 340 g/mol. The molecule has 0 unspecified atom stereocenters. The van der Waals surface area contributed by atoms with E-state index in [4.69, 9.17) is 23.8 Å². The van der Waals surface area contributed by atoms with E-state index in [0.717, 1.165) is 24.5 Å². The maximum absolute atomic E-state index is 11.9. The predicted octanol–water partition coefficient (Wildman–Crippen LogP) is 3.80. The van der Waals surface area contributed by atoms with Gasteiger partial charge in [0.05, 0.1) is 10.7 Å². The van der Waals surface area contributed by atoms with Crippen molar-refractivity contribution in [3.8, 4) is 0 Å². The van der Waals surface area contributed by atoms with Crippen LogP contribution in [0.1, 0.15) is 33.6 Å². The second-order valence-corrected chi connectivity index (χ2v) is 7.33. The molecule has 120 valence electrons. The second kappa shape index (κ2) is 6.84. The number of halogens is 1. The number of thiocarbonyl (C=S) groups is 1. The van der Waals surface area contributed by atoms with Crippen molar-refractivity contribution in [2.45, 2.75) is 33.6 Å². The van der Waals surface area contributed by atoms with E-state index in [1.54, 1.807) is 0 Å². The Balaban J connectivity index is 2.00. The lowest BCUT2D eigenvalue weighted by atomic mass is 9.96. The molecule has 1 fully saturated rings. The van der Waals surface area contributed by atoms with Crippen molar-refractivity contribution in [2.75, 3.05) is 23.3 Å². The highest BCUT2D eigenvalue weighted by molar-refractivity contribution is 7.80. The number of carbonyl (C=O) groups is 1. The van der Waals surface area contributed by atoms with Crippen molar-refractivity contribution in [1.29, 1.82) is 0 Å². The zero-order chi connectivity index (χ0) is 16.3. The first kappa shape index (κ1) is 17.0. The second-order valence-electron chi connectivity index (χ2n) is 6.52. The largest absolute Gasteiger partial charge is 0.370 e. The van der Waals surface area contributed by atoms with Crippen molar-refractivity contribution in [2.24, 2.45) is 5.41 Å². The van der Waals surface area contributed by atoms with E-state index in [-0.39, 0.29) is 11.0 Å². The third-order valence-corrected chi connectivity index (χ3v) is 4.07. The summed E-state index contributed by atoms with van der Waals surface area (Å²) in [4.78, 5) is 14.2. The number of amides is 1. The maximum atomic E-state index is 11.9. The monoisotopic (exact) mass is 339 g/mol. The van der Waals surface area contributed by atoms with Gasteiger partial charge in [0.2, 0.25) is 5.91 Å². The topological polar surface area (TPSA) is 44.4 Å².